The van der Waals surface area contributed by atoms with Gasteiger partial charge in [-0.2, -0.15) is 5.21 Å². The highest BCUT2D eigenvalue weighted by Gasteiger charge is 2.26. The predicted molar refractivity (Wildman–Crippen MR) is 131 cm³/mol. The molecule has 0 atom stereocenters. The monoisotopic (exact) mass is 470 g/mol. The molecule has 0 saturated heterocycles. The van der Waals surface area contributed by atoms with E-state index in [1.807, 2.05) is 47.3 Å². The van der Waals surface area contributed by atoms with Crippen molar-refractivity contribution in [1.29, 1.82) is 0 Å². The number of hydrogen-bond donors (Lipinski definition) is 1. The van der Waals surface area contributed by atoms with Gasteiger partial charge in [0.25, 0.3) is 0 Å². The average molecular weight is 471 g/mol. The maximum Gasteiger partial charge on any atom is 0.217 e. The number of aryl methyl sites for hydroxylation is 1. The van der Waals surface area contributed by atoms with Crippen molar-refractivity contribution in [1.82, 2.24) is 40.4 Å². The van der Waals surface area contributed by atoms with Crippen molar-refractivity contribution in [3.63, 3.8) is 0 Å². The fourth-order valence-electron chi connectivity index (χ4n) is 4.70. The van der Waals surface area contributed by atoms with Gasteiger partial charge in [0.05, 0.1) is 12.2 Å². The van der Waals surface area contributed by atoms with Crippen LogP contribution in [0.4, 0.5) is 0 Å². The Morgan fingerprint density at radius 3 is 2.63 bits per heavy atom. The number of ketones is 1. The van der Waals surface area contributed by atoms with E-state index in [2.05, 4.69) is 37.6 Å². The summed E-state index contributed by atoms with van der Waals surface area (Å²) < 4.78 is 1.88. The fraction of sp³-hybridized carbons (Fsp3) is 0.423. The van der Waals surface area contributed by atoms with E-state index in [1.165, 1.54) is 6.42 Å². The third-order valence-electron chi connectivity index (χ3n) is 6.64. The Labute approximate surface area is 204 Å². The number of pyridine rings is 1. The van der Waals surface area contributed by atoms with E-state index in [4.69, 9.17) is 4.98 Å². The molecule has 3 aromatic heterocycles. The standard InChI is InChI=1S/C26H30N8O/c1-2-3-13-23-28-26(24(35)19-9-5-4-6-10-19)31-34(23)17-18-14-15-22(27-16-18)20-11-7-8-12-21(20)25-29-32-33-30-25/h7-8,11-12,14-16,19H,2-6,9-10,13,17H2,1H3,(H,29,30,32,33). The summed E-state index contributed by atoms with van der Waals surface area (Å²) in [5.41, 5.74) is 3.63. The molecule has 0 spiro atoms. The molecule has 0 unspecified atom stereocenters. The highest BCUT2D eigenvalue weighted by molar-refractivity contribution is 5.94. The lowest BCUT2D eigenvalue weighted by atomic mass is 9.86. The second kappa shape index (κ2) is 10.7. The molecular weight excluding hydrogens is 440 g/mol. The minimum Gasteiger partial charge on any atom is -0.290 e. The van der Waals surface area contributed by atoms with Crippen LogP contribution in [0.3, 0.4) is 0 Å². The molecule has 1 aliphatic rings. The number of unbranched alkanes of at least 4 members (excludes halogenated alkanes) is 1. The molecule has 3 heterocycles. The van der Waals surface area contributed by atoms with Gasteiger partial charge < -0.3 is 0 Å². The van der Waals surface area contributed by atoms with Crippen molar-refractivity contribution < 1.29 is 4.79 Å². The molecule has 0 amide bonds. The average Bonchev–Trinajstić information content (AvgIpc) is 3.59. The summed E-state index contributed by atoms with van der Waals surface area (Å²) in [6.45, 7) is 2.69. The summed E-state index contributed by atoms with van der Waals surface area (Å²) in [7, 11) is 0. The molecule has 1 fully saturated rings. The number of nitrogens with zero attached hydrogens (tertiary/aromatic N) is 7. The van der Waals surface area contributed by atoms with Gasteiger partial charge in [0, 0.05) is 29.7 Å². The summed E-state index contributed by atoms with van der Waals surface area (Å²) in [6, 6.07) is 11.9. The van der Waals surface area contributed by atoms with Crippen molar-refractivity contribution in [2.75, 3.05) is 0 Å². The van der Waals surface area contributed by atoms with Crippen LogP contribution in [-0.2, 0) is 13.0 Å². The number of nitrogens with one attached hydrogen (secondary N) is 1. The first-order valence-electron chi connectivity index (χ1n) is 12.5. The van der Waals surface area contributed by atoms with Gasteiger partial charge >= 0.3 is 0 Å². The van der Waals surface area contributed by atoms with Crippen molar-refractivity contribution in [2.45, 2.75) is 64.8 Å². The summed E-state index contributed by atoms with van der Waals surface area (Å²) in [6.07, 6.45) is 10.1. The van der Waals surface area contributed by atoms with Crippen LogP contribution in [0.1, 0.15) is 73.9 Å². The van der Waals surface area contributed by atoms with E-state index < -0.39 is 0 Å². The third-order valence-corrected chi connectivity index (χ3v) is 6.64. The molecule has 9 heteroatoms. The van der Waals surface area contributed by atoms with Crippen LogP contribution in [-0.4, -0.2) is 46.2 Å². The second-order valence-electron chi connectivity index (χ2n) is 9.14. The lowest BCUT2D eigenvalue weighted by Gasteiger charge is -2.18. The van der Waals surface area contributed by atoms with Gasteiger partial charge in [-0.15, -0.1) is 15.3 Å². The van der Waals surface area contributed by atoms with Gasteiger partial charge in [-0.05, 0) is 36.1 Å². The molecule has 0 radical (unpaired) electrons. The summed E-state index contributed by atoms with van der Waals surface area (Å²) in [4.78, 5) is 22.4. The van der Waals surface area contributed by atoms with Crippen LogP contribution in [0, 0.1) is 5.92 Å². The van der Waals surface area contributed by atoms with E-state index in [-0.39, 0.29) is 11.7 Å². The first-order valence-corrected chi connectivity index (χ1v) is 12.5. The minimum atomic E-state index is 0.0684. The molecule has 1 saturated carbocycles. The molecule has 4 aromatic rings. The Hall–Kier alpha value is -3.75. The van der Waals surface area contributed by atoms with E-state index in [0.717, 1.165) is 73.2 Å². The number of rotatable bonds is 9. The number of Topliss-reactive ketones (excluding diaryl/α,β-unsaturated/α-hetero) is 1. The number of carbonyl (C=O) groups is 1. The van der Waals surface area contributed by atoms with Gasteiger partial charge in [-0.1, -0.05) is 62.9 Å². The number of benzene rings is 1. The largest absolute Gasteiger partial charge is 0.290 e. The highest BCUT2D eigenvalue weighted by Crippen LogP contribution is 2.29. The van der Waals surface area contributed by atoms with Crippen molar-refractivity contribution in [3.8, 4) is 22.6 Å². The lowest BCUT2D eigenvalue weighted by molar-refractivity contribution is 0.0878. The number of aromatic nitrogens is 8. The van der Waals surface area contributed by atoms with Gasteiger partial charge in [0.1, 0.15) is 5.82 Å². The number of carbonyl (C=O) groups excluding carboxylic acids is 1. The molecule has 9 nitrogen and oxygen atoms in total. The van der Waals surface area contributed by atoms with Crippen LogP contribution < -0.4 is 0 Å². The fourth-order valence-corrected chi connectivity index (χ4v) is 4.70. The van der Waals surface area contributed by atoms with Crippen molar-refractivity contribution in [3.05, 3.63) is 59.8 Å². The smallest absolute Gasteiger partial charge is 0.217 e. The molecule has 35 heavy (non-hydrogen) atoms. The Kier molecular flexibility index (Phi) is 7.02. The van der Waals surface area contributed by atoms with Crippen molar-refractivity contribution >= 4 is 5.78 Å². The van der Waals surface area contributed by atoms with Crippen molar-refractivity contribution in [2.24, 2.45) is 5.92 Å². The molecule has 5 rings (SSSR count). The molecule has 1 aliphatic carbocycles. The van der Waals surface area contributed by atoms with E-state index in [1.54, 1.807) is 0 Å². The summed E-state index contributed by atoms with van der Waals surface area (Å²) in [5.74, 6) is 1.95. The SMILES string of the molecule is CCCCc1nc(C(=O)C2CCCCC2)nn1Cc1ccc(-c2ccccc2-c2nn[nH]n2)nc1. The van der Waals surface area contributed by atoms with Crippen LogP contribution in [0.2, 0.25) is 0 Å². The topological polar surface area (TPSA) is 115 Å². The number of H-pyrrole nitrogens is 1. The summed E-state index contributed by atoms with van der Waals surface area (Å²) >= 11 is 0. The lowest BCUT2D eigenvalue weighted by Crippen LogP contribution is -2.19. The quantitative estimate of drug-likeness (QED) is 0.353. The van der Waals surface area contributed by atoms with E-state index >= 15 is 0 Å². The third kappa shape index (κ3) is 5.18. The maximum absolute atomic E-state index is 13.1. The molecule has 180 valence electrons. The van der Waals surface area contributed by atoms with Crippen LogP contribution in [0.5, 0.6) is 0 Å². The van der Waals surface area contributed by atoms with Gasteiger partial charge in [-0.3, -0.25) is 9.78 Å². The molecule has 1 N–H and O–H groups in total. The molecule has 0 bridgehead atoms. The second-order valence-corrected chi connectivity index (χ2v) is 9.14. The number of hydrogen-bond acceptors (Lipinski definition) is 7. The molecule has 1 aromatic carbocycles. The summed E-state index contributed by atoms with van der Waals surface area (Å²) in [5, 5.41) is 19.1. The zero-order chi connectivity index (χ0) is 24.0. The van der Waals surface area contributed by atoms with Crippen LogP contribution in [0.25, 0.3) is 22.6 Å². The Morgan fingerprint density at radius 2 is 1.91 bits per heavy atom. The Balaban J connectivity index is 1.37. The van der Waals surface area contributed by atoms with Crippen LogP contribution >= 0.6 is 0 Å². The zero-order valence-electron chi connectivity index (χ0n) is 20.0. The Morgan fingerprint density at radius 1 is 1.09 bits per heavy atom. The maximum atomic E-state index is 13.1. The van der Waals surface area contributed by atoms with Gasteiger partial charge in [0.2, 0.25) is 17.4 Å². The first-order chi connectivity index (χ1) is 17.2. The van der Waals surface area contributed by atoms with Gasteiger partial charge in [0.15, 0.2) is 0 Å². The number of tetrazole rings is 1. The zero-order valence-corrected chi connectivity index (χ0v) is 20.0. The molecule has 0 aliphatic heterocycles. The highest BCUT2D eigenvalue weighted by atomic mass is 16.1. The number of aromatic amines is 1. The van der Waals surface area contributed by atoms with Crippen LogP contribution in [0.15, 0.2) is 42.6 Å². The van der Waals surface area contributed by atoms with E-state index in [0.29, 0.717) is 18.2 Å². The first kappa shape index (κ1) is 23.0. The normalized spacial score (nSPS) is 14.3. The van der Waals surface area contributed by atoms with Gasteiger partial charge in [-0.25, -0.2) is 9.67 Å². The Bertz CT molecular complexity index is 1260. The minimum absolute atomic E-state index is 0.0684. The molecular formula is C26H30N8O. The van der Waals surface area contributed by atoms with E-state index in [9.17, 15) is 4.79 Å². The predicted octanol–water partition coefficient (Wildman–Crippen LogP) is 4.67.